The lowest BCUT2D eigenvalue weighted by molar-refractivity contribution is 0.103. The zero-order valence-corrected chi connectivity index (χ0v) is 11.7. The minimum atomic E-state index is -0.108. The van der Waals surface area contributed by atoms with Crippen molar-refractivity contribution < 1.29 is 4.79 Å². The van der Waals surface area contributed by atoms with Gasteiger partial charge < -0.3 is 5.32 Å². The van der Waals surface area contributed by atoms with Crippen LogP contribution in [-0.2, 0) is 6.42 Å². The molecular weight excluding hydrogens is 268 g/mol. The van der Waals surface area contributed by atoms with Crippen molar-refractivity contribution >= 4 is 34.5 Å². The Hall–Kier alpha value is -1.39. The molecule has 0 aliphatic carbocycles. The predicted octanol–water partition coefficient (Wildman–Crippen LogP) is 3.92. The molecule has 2 rings (SSSR count). The number of rotatable bonds is 3. The Bertz CT molecular complexity index is 580. The highest BCUT2D eigenvalue weighted by Crippen LogP contribution is 2.20. The van der Waals surface area contributed by atoms with Gasteiger partial charge in [-0.3, -0.25) is 4.79 Å². The second-order valence-electron chi connectivity index (χ2n) is 3.91. The maximum absolute atomic E-state index is 12.0. The van der Waals surface area contributed by atoms with Gasteiger partial charge in [0.25, 0.3) is 5.91 Å². The summed E-state index contributed by atoms with van der Waals surface area (Å²) in [6.45, 7) is 3.92. The number of aromatic nitrogens is 1. The van der Waals surface area contributed by atoms with E-state index < -0.39 is 0 Å². The molecule has 0 aliphatic heterocycles. The first-order chi connectivity index (χ1) is 8.60. The third kappa shape index (κ3) is 2.89. The molecule has 2 aromatic rings. The minimum Gasteiger partial charge on any atom is -0.320 e. The first kappa shape index (κ1) is 13.1. The number of hydrogen-bond acceptors (Lipinski definition) is 3. The Balaban J connectivity index is 2.13. The second-order valence-corrected chi connectivity index (χ2v) is 5.43. The lowest BCUT2D eigenvalue weighted by Crippen LogP contribution is -2.10. The minimum absolute atomic E-state index is 0.108. The topological polar surface area (TPSA) is 42.0 Å². The van der Waals surface area contributed by atoms with Crippen LogP contribution in [0.25, 0.3) is 0 Å². The standard InChI is InChI=1S/C13H13ClN2OS/c1-3-10-4-5-11(18-10)13(17)16-9-6-8(2)12(14)15-7-9/h4-7H,3H2,1-2H3,(H,16,17). The van der Waals surface area contributed by atoms with Crippen LogP contribution in [0.3, 0.4) is 0 Å². The van der Waals surface area contributed by atoms with Crippen LogP contribution < -0.4 is 5.32 Å². The van der Waals surface area contributed by atoms with E-state index in [-0.39, 0.29) is 5.91 Å². The maximum atomic E-state index is 12.0. The first-order valence-corrected chi connectivity index (χ1v) is 6.81. The van der Waals surface area contributed by atoms with Crippen molar-refractivity contribution in [3.05, 3.63) is 44.9 Å². The van der Waals surface area contributed by atoms with Gasteiger partial charge in [-0.15, -0.1) is 11.3 Å². The molecule has 94 valence electrons. The number of aryl methyl sites for hydroxylation is 2. The number of hydrogen-bond donors (Lipinski definition) is 1. The van der Waals surface area contributed by atoms with E-state index in [0.29, 0.717) is 15.7 Å². The van der Waals surface area contributed by atoms with Gasteiger partial charge in [-0.05, 0) is 37.1 Å². The van der Waals surface area contributed by atoms with Gasteiger partial charge in [0.15, 0.2) is 0 Å². The quantitative estimate of drug-likeness (QED) is 0.866. The normalized spacial score (nSPS) is 10.4. The van der Waals surface area contributed by atoms with Crippen molar-refractivity contribution in [3.8, 4) is 0 Å². The molecule has 0 fully saturated rings. The molecule has 2 aromatic heterocycles. The molecule has 0 aromatic carbocycles. The van der Waals surface area contributed by atoms with Crippen LogP contribution in [0.5, 0.6) is 0 Å². The third-order valence-electron chi connectivity index (χ3n) is 2.51. The van der Waals surface area contributed by atoms with Gasteiger partial charge in [-0.2, -0.15) is 0 Å². The summed E-state index contributed by atoms with van der Waals surface area (Å²) in [6, 6.07) is 5.63. The monoisotopic (exact) mass is 280 g/mol. The fourth-order valence-electron chi connectivity index (χ4n) is 1.51. The number of halogens is 1. The number of thiophene rings is 1. The number of carbonyl (C=O) groups excluding carboxylic acids is 1. The van der Waals surface area contributed by atoms with Gasteiger partial charge in [0, 0.05) is 4.88 Å². The molecule has 0 saturated carbocycles. The number of nitrogens with zero attached hydrogens (tertiary/aromatic N) is 1. The van der Waals surface area contributed by atoms with E-state index in [9.17, 15) is 4.79 Å². The van der Waals surface area contributed by atoms with E-state index in [1.165, 1.54) is 16.2 Å². The highest BCUT2D eigenvalue weighted by atomic mass is 35.5. The summed E-state index contributed by atoms with van der Waals surface area (Å²) in [5.41, 5.74) is 1.50. The molecular formula is C13H13ClN2OS. The molecule has 0 atom stereocenters. The fraction of sp³-hybridized carbons (Fsp3) is 0.231. The Morgan fingerprint density at radius 1 is 1.50 bits per heavy atom. The third-order valence-corrected chi connectivity index (χ3v) is 4.13. The van der Waals surface area contributed by atoms with Crippen molar-refractivity contribution in [1.29, 1.82) is 0 Å². The summed E-state index contributed by atoms with van der Waals surface area (Å²) in [7, 11) is 0. The van der Waals surface area contributed by atoms with Crippen LogP contribution in [-0.4, -0.2) is 10.9 Å². The molecule has 3 nitrogen and oxygen atoms in total. The summed E-state index contributed by atoms with van der Waals surface area (Å²) in [6.07, 6.45) is 2.50. The summed E-state index contributed by atoms with van der Waals surface area (Å²) in [5, 5.41) is 3.27. The Morgan fingerprint density at radius 3 is 2.89 bits per heavy atom. The van der Waals surface area contributed by atoms with E-state index in [2.05, 4.69) is 17.2 Å². The second kappa shape index (κ2) is 5.50. The molecule has 0 aliphatic rings. The molecule has 2 heterocycles. The Labute approximate surface area is 115 Å². The number of anilines is 1. The molecule has 1 amide bonds. The van der Waals surface area contributed by atoms with Crippen molar-refractivity contribution in [2.45, 2.75) is 20.3 Å². The van der Waals surface area contributed by atoms with Crippen molar-refractivity contribution in [3.63, 3.8) is 0 Å². The van der Waals surface area contributed by atoms with Gasteiger partial charge in [-0.1, -0.05) is 18.5 Å². The zero-order valence-electron chi connectivity index (χ0n) is 10.2. The van der Waals surface area contributed by atoms with E-state index >= 15 is 0 Å². The van der Waals surface area contributed by atoms with Gasteiger partial charge >= 0.3 is 0 Å². The van der Waals surface area contributed by atoms with Crippen LogP contribution in [0.15, 0.2) is 24.4 Å². The molecule has 0 spiro atoms. The van der Waals surface area contributed by atoms with Crippen LogP contribution in [0.4, 0.5) is 5.69 Å². The lowest BCUT2D eigenvalue weighted by atomic mass is 10.3. The largest absolute Gasteiger partial charge is 0.320 e. The van der Waals surface area contributed by atoms with Gasteiger partial charge in [0.2, 0.25) is 0 Å². The molecule has 18 heavy (non-hydrogen) atoms. The molecule has 0 unspecified atom stereocenters. The Kier molecular flexibility index (Phi) is 3.99. The summed E-state index contributed by atoms with van der Waals surface area (Å²) >= 11 is 7.34. The predicted molar refractivity (Wildman–Crippen MR) is 75.6 cm³/mol. The summed E-state index contributed by atoms with van der Waals surface area (Å²) < 4.78 is 0. The number of pyridine rings is 1. The molecule has 0 bridgehead atoms. The van der Waals surface area contributed by atoms with Crippen molar-refractivity contribution in [2.75, 3.05) is 5.32 Å². The van der Waals surface area contributed by atoms with Gasteiger partial charge in [0.05, 0.1) is 16.8 Å². The van der Waals surface area contributed by atoms with E-state index in [1.54, 1.807) is 6.20 Å². The van der Waals surface area contributed by atoms with Gasteiger partial charge in [-0.25, -0.2) is 4.98 Å². The average Bonchev–Trinajstić information content (AvgIpc) is 2.82. The van der Waals surface area contributed by atoms with Crippen molar-refractivity contribution in [1.82, 2.24) is 4.98 Å². The smallest absolute Gasteiger partial charge is 0.265 e. The summed E-state index contributed by atoms with van der Waals surface area (Å²) in [4.78, 5) is 17.9. The number of nitrogens with one attached hydrogen (secondary N) is 1. The van der Waals surface area contributed by atoms with E-state index in [0.717, 1.165) is 12.0 Å². The van der Waals surface area contributed by atoms with Crippen LogP contribution in [0.2, 0.25) is 5.15 Å². The molecule has 0 radical (unpaired) electrons. The molecule has 5 heteroatoms. The molecule has 0 saturated heterocycles. The highest BCUT2D eigenvalue weighted by Gasteiger charge is 2.09. The highest BCUT2D eigenvalue weighted by molar-refractivity contribution is 7.14. The van der Waals surface area contributed by atoms with E-state index in [1.807, 2.05) is 25.1 Å². The molecule has 1 N–H and O–H groups in total. The Morgan fingerprint density at radius 2 is 2.28 bits per heavy atom. The van der Waals surface area contributed by atoms with Gasteiger partial charge in [0.1, 0.15) is 5.15 Å². The van der Waals surface area contributed by atoms with E-state index in [4.69, 9.17) is 11.6 Å². The number of amides is 1. The SMILES string of the molecule is CCc1ccc(C(=O)Nc2cnc(Cl)c(C)c2)s1. The lowest BCUT2D eigenvalue weighted by Gasteiger charge is -2.04. The van der Waals surface area contributed by atoms with Crippen LogP contribution in [0, 0.1) is 6.92 Å². The van der Waals surface area contributed by atoms with Crippen LogP contribution in [0.1, 0.15) is 27.0 Å². The van der Waals surface area contributed by atoms with Crippen LogP contribution >= 0.6 is 22.9 Å². The maximum Gasteiger partial charge on any atom is 0.265 e. The first-order valence-electron chi connectivity index (χ1n) is 5.62. The zero-order chi connectivity index (χ0) is 13.1. The summed E-state index contributed by atoms with van der Waals surface area (Å²) in [5.74, 6) is -0.108. The van der Waals surface area contributed by atoms with Crippen molar-refractivity contribution in [2.24, 2.45) is 0 Å². The fourth-order valence-corrected chi connectivity index (χ4v) is 2.46. The number of carbonyl (C=O) groups is 1. The average molecular weight is 281 g/mol.